The topological polar surface area (TPSA) is 83.8 Å². The van der Waals surface area contributed by atoms with Crippen molar-refractivity contribution in [2.75, 3.05) is 12.3 Å². The molecule has 0 unspecified atom stereocenters. The van der Waals surface area contributed by atoms with Gasteiger partial charge in [-0.15, -0.1) is 0 Å². The molecule has 6 heteroatoms. The smallest absolute Gasteiger partial charge is 0.273 e. The van der Waals surface area contributed by atoms with Crippen LogP contribution in [0.2, 0.25) is 0 Å². The average molecular weight is 276 g/mol. The van der Waals surface area contributed by atoms with Crippen LogP contribution in [-0.4, -0.2) is 22.6 Å². The molecular weight excluding hydrogens is 259 g/mol. The first-order chi connectivity index (χ1) is 9.61. The second-order valence-electron chi connectivity index (χ2n) is 4.45. The van der Waals surface area contributed by atoms with Gasteiger partial charge in [-0.25, -0.2) is 4.39 Å². The monoisotopic (exact) mass is 276 g/mol. The number of benzene rings is 1. The molecule has 0 bridgehead atoms. The second-order valence-corrected chi connectivity index (χ2v) is 4.45. The molecule has 2 aromatic rings. The number of nitrogens with two attached hydrogens (primary N) is 1. The molecule has 1 heterocycles. The number of aryl methyl sites for hydroxylation is 1. The summed E-state index contributed by atoms with van der Waals surface area (Å²) in [6.07, 6.45) is 1.32. The largest absolute Gasteiger partial charge is 0.395 e. The maximum atomic E-state index is 12.7. The van der Waals surface area contributed by atoms with Gasteiger partial charge < -0.3 is 11.1 Å². The predicted molar refractivity (Wildman–Crippen MR) is 74.8 cm³/mol. The molecule has 0 saturated heterocycles. The van der Waals surface area contributed by atoms with E-state index in [-0.39, 0.29) is 17.4 Å². The predicted octanol–water partition coefficient (Wildman–Crippen LogP) is 1.67. The van der Waals surface area contributed by atoms with E-state index in [0.29, 0.717) is 25.1 Å². The van der Waals surface area contributed by atoms with Gasteiger partial charge in [-0.3, -0.25) is 9.89 Å². The summed E-state index contributed by atoms with van der Waals surface area (Å²) in [6.45, 7) is 2.37. The number of nitrogens with one attached hydrogen (secondary N) is 2. The lowest BCUT2D eigenvalue weighted by molar-refractivity contribution is 0.0950. The van der Waals surface area contributed by atoms with Crippen molar-refractivity contribution in [3.05, 3.63) is 47.0 Å². The van der Waals surface area contributed by atoms with E-state index in [1.54, 1.807) is 12.1 Å². The number of anilines is 1. The van der Waals surface area contributed by atoms with E-state index < -0.39 is 0 Å². The third kappa shape index (κ3) is 3.14. The molecule has 0 spiro atoms. The number of carbonyl (C=O) groups is 1. The third-order valence-electron chi connectivity index (χ3n) is 3.06. The molecule has 2 rings (SSSR count). The van der Waals surface area contributed by atoms with Crippen LogP contribution in [0.25, 0.3) is 0 Å². The van der Waals surface area contributed by atoms with E-state index in [4.69, 9.17) is 5.73 Å². The zero-order chi connectivity index (χ0) is 14.5. The first-order valence-electron chi connectivity index (χ1n) is 6.47. The third-order valence-corrected chi connectivity index (χ3v) is 3.06. The fourth-order valence-corrected chi connectivity index (χ4v) is 1.88. The number of H-pyrrole nitrogens is 1. The van der Waals surface area contributed by atoms with Crippen LogP contribution >= 0.6 is 0 Å². The number of aromatic nitrogens is 2. The number of halogens is 1. The number of amides is 1. The summed E-state index contributed by atoms with van der Waals surface area (Å²) in [6, 6.07) is 6.19. The highest BCUT2D eigenvalue weighted by molar-refractivity contribution is 5.97. The number of aromatic amines is 1. The molecule has 4 N–H and O–H groups in total. The molecule has 1 aromatic carbocycles. The summed E-state index contributed by atoms with van der Waals surface area (Å²) in [5.74, 6) is -0.574. The number of hydrogen-bond acceptors (Lipinski definition) is 3. The quantitative estimate of drug-likeness (QED) is 0.776. The van der Waals surface area contributed by atoms with Crippen molar-refractivity contribution in [3.63, 3.8) is 0 Å². The molecular formula is C14H17FN4O. The molecule has 1 amide bonds. The van der Waals surface area contributed by atoms with Crippen molar-refractivity contribution in [2.24, 2.45) is 0 Å². The molecule has 20 heavy (non-hydrogen) atoms. The van der Waals surface area contributed by atoms with Crippen LogP contribution in [0.4, 0.5) is 10.1 Å². The number of nitrogens with zero attached hydrogens (tertiary/aromatic N) is 1. The minimum Gasteiger partial charge on any atom is -0.395 e. The Balaban J connectivity index is 1.89. The Hall–Kier alpha value is -2.37. The van der Waals surface area contributed by atoms with Crippen LogP contribution in [0, 0.1) is 5.82 Å². The van der Waals surface area contributed by atoms with Crippen molar-refractivity contribution in [2.45, 2.75) is 19.8 Å². The highest BCUT2D eigenvalue weighted by Gasteiger charge is 2.15. The molecule has 0 aliphatic carbocycles. The van der Waals surface area contributed by atoms with Gasteiger partial charge >= 0.3 is 0 Å². The SMILES string of the molecule is CCc1[nH]nc(C(=O)NCCc2ccc(F)cc2)c1N. The first-order valence-corrected chi connectivity index (χ1v) is 6.47. The molecule has 0 atom stereocenters. The maximum Gasteiger partial charge on any atom is 0.273 e. The standard InChI is InChI=1S/C14H17FN4O/c1-2-11-12(16)13(19-18-11)14(20)17-8-7-9-3-5-10(15)6-4-9/h3-6H,2,7-8,16H2,1H3,(H,17,20)(H,18,19). The summed E-state index contributed by atoms with van der Waals surface area (Å²) in [7, 11) is 0. The van der Waals surface area contributed by atoms with Gasteiger partial charge in [0.25, 0.3) is 5.91 Å². The second kappa shape index (κ2) is 6.18. The van der Waals surface area contributed by atoms with Crippen molar-refractivity contribution >= 4 is 11.6 Å². The van der Waals surface area contributed by atoms with E-state index in [9.17, 15) is 9.18 Å². The normalized spacial score (nSPS) is 10.5. The Kier molecular flexibility index (Phi) is 4.34. The minimum atomic E-state index is -0.305. The summed E-state index contributed by atoms with van der Waals surface area (Å²) < 4.78 is 12.7. The fourth-order valence-electron chi connectivity index (χ4n) is 1.88. The minimum absolute atomic E-state index is 0.223. The number of carbonyl (C=O) groups excluding carboxylic acids is 1. The van der Waals surface area contributed by atoms with Gasteiger partial charge in [-0.1, -0.05) is 19.1 Å². The van der Waals surface area contributed by atoms with Gasteiger partial charge in [0.05, 0.1) is 11.4 Å². The summed E-state index contributed by atoms with van der Waals surface area (Å²) in [5, 5.41) is 9.40. The Labute approximate surface area is 116 Å². The van der Waals surface area contributed by atoms with Crippen molar-refractivity contribution in [3.8, 4) is 0 Å². The molecule has 0 aliphatic heterocycles. The van der Waals surface area contributed by atoms with Crippen LogP contribution in [0.1, 0.15) is 28.7 Å². The highest BCUT2D eigenvalue weighted by Crippen LogP contribution is 2.13. The van der Waals surface area contributed by atoms with Crippen LogP contribution < -0.4 is 11.1 Å². The summed E-state index contributed by atoms with van der Waals surface area (Å²) >= 11 is 0. The molecule has 0 radical (unpaired) electrons. The Bertz CT molecular complexity index is 592. The number of nitrogen functional groups attached to an aromatic ring is 1. The average Bonchev–Trinajstić information content (AvgIpc) is 2.82. The van der Waals surface area contributed by atoms with Crippen molar-refractivity contribution in [1.29, 1.82) is 0 Å². The molecule has 1 aromatic heterocycles. The molecule has 0 fully saturated rings. The molecule has 106 valence electrons. The van der Waals surface area contributed by atoms with E-state index in [1.807, 2.05) is 6.92 Å². The Morgan fingerprint density at radius 1 is 1.40 bits per heavy atom. The summed E-state index contributed by atoms with van der Waals surface area (Å²) in [4.78, 5) is 11.9. The van der Waals surface area contributed by atoms with Gasteiger partial charge in [0.15, 0.2) is 5.69 Å². The van der Waals surface area contributed by atoms with Crippen molar-refractivity contribution in [1.82, 2.24) is 15.5 Å². The Morgan fingerprint density at radius 3 is 2.70 bits per heavy atom. The van der Waals surface area contributed by atoms with Crippen LogP contribution in [-0.2, 0) is 12.8 Å². The van der Waals surface area contributed by atoms with Crippen LogP contribution in [0.3, 0.4) is 0 Å². The van der Waals surface area contributed by atoms with Crippen molar-refractivity contribution < 1.29 is 9.18 Å². The van der Waals surface area contributed by atoms with Crippen LogP contribution in [0.5, 0.6) is 0 Å². The van der Waals surface area contributed by atoms with E-state index in [1.165, 1.54) is 12.1 Å². The summed E-state index contributed by atoms with van der Waals surface area (Å²) in [5.41, 5.74) is 8.15. The number of hydrogen-bond donors (Lipinski definition) is 3. The molecule has 0 aliphatic rings. The van der Waals surface area contributed by atoms with E-state index >= 15 is 0 Å². The Morgan fingerprint density at radius 2 is 2.10 bits per heavy atom. The molecule has 0 saturated carbocycles. The van der Waals surface area contributed by atoms with Gasteiger partial charge in [-0.2, -0.15) is 5.10 Å². The zero-order valence-electron chi connectivity index (χ0n) is 11.2. The lowest BCUT2D eigenvalue weighted by Crippen LogP contribution is -2.26. The van der Waals surface area contributed by atoms with Gasteiger partial charge in [-0.05, 0) is 30.5 Å². The van der Waals surface area contributed by atoms with E-state index in [0.717, 1.165) is 11.3 Å². The van der Waals surface area contributed by atoms with Crippen LogP contribution in [0.15, 0.2) is 24.3 Å². The highest BCUT2D eigenvalue weighted by atomic mass is 19.1. The maximum absolute atomic E-state index is 12.7. The van der Waals surface area contributed by atoms with Gasteiger partial charge in [0.2, 0.25) is 0 Å². The lowest BCUT2D eigenvalue weighted by atomic mass is 10.1. The van der Waals surface area contributed by atoms with E-state index in [2.05, 4.69) is 15.5 Å². The van der Waals surface area contributed by atoms with Gasteiger partial charge in [0, 0.05) is 6.54 Å². The zero-order valence-corrected chi connectivity index (χ0v) is 11.2. The fraction of sp³-hybridized carbons (Fsp3) is 0.286. The lowest BCUT2D eigenvalue weighted by Gasteiger charge is -2.04. The first kappa shape index (κ1) is 14.0. The number of rotatable bonds is 5. The molecule has 5 nitrogen and oxygen atoms in total. The van der Waals surface area contributed by atoms with Gasteiger partial charge in [0.1, 0.15) is 5.82 Å².